The molecule has 1 unspecified atom stereocenters. The van der Waals surface area contributed by atoms with Crippen molar-refractivity contribution in [3.63, 3.8) is 0 Å². The summed E-state index contributed by atoms with van der Waals surface area (Å²) in [7, 11) is 0. The average Bonchev–Trinajstić information content (AvgIpc) is 2.66. The molecular weight excluding hydrogens is 210 g/mol. The Balaban J connectivity index is 2.47. The van der Waals surface area contributed by atoms with Gasteiger partial charge in [0.05, 0.1) is 6.04 Å². The summed E-state index contributed by atoms with van der Waals surface area (Å²) >= 11 is 1.88. The van der Waals surface area contributed by atoms with E-state index >= 15 is 0 Å². The molecule has 0 amide bonds. The zero-order valence-corrected chi connectivity index (χ0v) is 10.4. The molecule has 4 nitrogen and oxygen atoms in total. The molecule has 0 aliphatic carbocycles. The maximum absolute atomic E-state index is 5.95. The van der Waals surface area contributed by atoms with Crippen LogP contribution in [0.5, 0.6) is 0 Å². The summed E-state index contributed by atoms with van der Waals surface area (Å²) in [4.78, 5) is 4.28. The van der Waals surface area contributed by atoms with Crippen LogP contribution in [-0.2, 0) is 0 Å². The first-order valence-electron chi connectivity index (χ1n) is 5.32. The fourth-order valence-electron chi connectivity index (χ4n) is 1.12. The van der Waals surface area contributed by atoms with E-state index in [1.807, 2.05) is 25.6 Å². The molecule has 0 aliphatic heterocycles. The van der Waals surface area contributed by atoms with Gasteiger partial charge in [-0.15, -0.1) is 0 Å². The Morgan fingerprint density at radius 3 is 2.73 bits per heavy atom. The van der Waals surface area contributed by atoms with E-state index in [0.717, 1.165) is 17.9 Å². The summed E-state index contributed by atoms with van der Waals surface area (Å²) in [6.45, 7) is 6.19. The van der Waals surface area contributed by atoms with Crippen LogP contribution in [0.15, 0.2) is 4.52 Å². The summed E-state index contributed by atoms with van der Waals surface area (Å²) in [6, 6.07) is -0.0969. The molecule has 0 fully saturated rings. The molecule has 1 heterocycles. The van der Waals surface area contributed by atoms with Crippen molar-refractivity contribution in [3.05, 3.63) is 11.7 Å². The molecule has 0 saturated heterocycles. The number of nitrogens with zero attached hydrogens (tertiary/aromatic N) is 2. The van der Waals surface area contributed by atoms with Gasteiger partial charge in [0, 0.05) is 5.92 Å². The van der Waals surface area contributed by atoms with Gasteiger partial charge in [-0.2, -0.15) is 16.7 Å². The highest BCUT2D eigenvalue weighted by atomic mass is 32.2. The lowest BCUT2D eigenvalue weighted by Gasteiger charge is -2.05. The molecule has 15 heavy (non-hydrogen) atoms. The third-order valence-corrected chi connectivity index (χ3v) is 2.99. The largest absolute Gasteiger partial charge is 0.339 e. The van der Waals surface area contributed by atoms with Gasteiger partial charge in [-0.3, -0.25) is 0 Å². The van der Waals surface area contributed by atoms with Gasteiger partial charge in [-0.05, 0) is 17.9 Å². The van der Waals surface area contributed by atoms with Crippen LogP contribution in [0.25, 0.3) is 0 Å². The number of nitrogens with two attached hydrogens (primary N) is 1. The minimum Gasteiger partial charge on any atom is -0.339 e. The molecule has 0 saturated carbocycles. The maximum Gasteiger partial charge on any atom is 0.229 e. The van der Waals surface area contributed by atoms with Gasteiger partial charge in [-0.1, -0.05) is 25.9 Å². The van der Waals surface area contributed by atoms with E-state index in [-0.39, 0.29) is 12.0 Å². The molecule has 0 aromatic carbocycles. The van der Waals surface area contributed by atoms with Gasteiger partial charge in [0.2, 0.25) is 5.89 Å². The second kappa shape index (κ2) is 6.12. The predicted molar refractivity (Wildman–Crippen MR) is 62.9 cm³/mol. The highest BCUT2D eigenvalue weighted by Crippen LogP contribution is 2.17. The summed E-state index contributed by atoms with van der Waals surface area (Å²) in [6.07, 6.45) is 0.898. The molecule has 86 valence electrons. The molecule has 1 rings (SSSR count). The number of hydrogen-bond donors (Lipinski definition) is 1. The molecule has 5 heteroatoms. The van der Waals surface area contributed by atoms with Crippen molar-refractivity contribution in [1.82, 2.24) is 10.1 Å². The normalized spacial score (nSPS) is 13.4. The van der Waals surface area contributed by atoms with Crippen LogP contribution >= 0.6 is 11.8 Å². The average molecular weight is 229 g/mol. The Kier molecular flexibility index (Phi) is 5.11. The minimum absolute atomic E-state index is 0.0969. The van der Waals surface area contributed by atoms with Crippen LogP contribution in [0, 0.1) is 0 Å². The second-order valence-electron chi connectivity index (χ2n) is 3.74. The lowest BCUT2D eigenvalue weighted by Crippen LogP contribution is -2.13. The van der Waals surface area contributed by atoms with E-state index in [0.29, 0.717) is 11.7 Å². The summed E-state index contributed by atoms with van der Waals surface area (Å²) < 4.78 is 5.11. The first-order chi connectivity index (χ1) is 7.15. The number of rotatable bonds is 6. The van der Waals surface area contributed by atoms with Crippen LogP contribution in [-0.4, -0.2) is 21.6 Å². The highest BCUT2D eigenvalue weighted by Gasteiger charge is 2.15. The van der Waals surface area contributed by atoms with Gasteiger partial charge >= 0.3 is 0 Å². The van der Waals surface area contributed by atoms with Crippen LogP contribution in [0.3, 0.4) is 0 Å². The first-order valence-corrected chi connectivity index (χ1v) is 6.47. The quantitative estimate of drug-likeness (QED) is 0.758. The number of thioether (sulfide) groups is 1. The maximum atomic E-state index is 5.95. The van der Waals surface area contributed by atoms with Gasteiger partial charge in [0.15, 0.2) is 5.82 Å². The van der Waals surface area contributed by atoms with E-state index in [9.17, 15) is 0 Å². The fraction of sp³-hybridized carbons (Fsp3) is 0.800. The van der Waals surface area contributed by atoms with Gasteiger partial charge in [0.1, 0.15) is 0 Å². The van der Waals surface area contributed by atoms with Gasteiger partial charge in [0.25, 0.3) is 0 Å². The van der Waals surface area contributed by atoms with Crippen LogP contribution in [0.4, 0.5) is 0 Å². The molecule has 1 atom stereocenters. The Morgan fingerprint density at radius 1 is 1.47 bits per heavy atom. The first kappa shape index (κ1) is 12.5. The SMILES string of the molecule is CCSCCC(N)c1noc(C(C)C)n1. The van der Waals surface area contributed by atoms with E-state index in [1.165, 1.54) is 0 Å². The van der Waals surface area contributed by atoms with Gasteiger partial charge < -0.3 is 10.3 Å². The molecule has 0 spiro atoms. The highest BCUT2D eigenvalue weighted by molar-refractivity contribution is 7.99. The zero-order chi connectivity index (χ0) is 11.3. The lowest BCUT2D eigenvalue weighted by atomic mass is 10.2. The molecule has 0 bridgehead atoms. The third kappa shape index (κ3) is 3.83. The fourth-order valence-corrected chi connectivity index (χ4v) is 1.83. The van der Waals surface area contributed by atoms with E-state index in [4.69, 9.17) is 10.3 Å². The standard InChI is InChI=1S/C10H19N3OS/c1-4-15-6-5-8(11)9-12-10(7(2)3)14-13-9/h7-8H,4-6,11H2,1-3H3. The summed E-state index contributed by atoms with van der Waals surface area (Å²) in [5.41, 5.74) is 5.95. The van der Waals surface area contributed by atoms with E-state index in [2.05, 4.69) is 17.1 Å². The molecule has 0 radical (unpaired) electrons. The van der Waals surface area contributed by atoms with Crippen molar-refractivity contribution >= 4 is 11.8 Å². The van der Waals surface area contributed by atoms with Gasteiger partial charge in [-0.25, -0.2) is 0 Å². The molecule has 1 aromatic rings. The molecular formula is C10H19N3OS. The smallest absolute Gasteiger partial charge is 0.229 e. The third-order valence-electron chi connectivity index (χ3n) is 2.06. The monoisotopic (exact) mass is 229 g/mol. The Hall–Kier alpha value is -0.550. The Morgan fingerprint density at radius 2 is 2.20 bits per heavy atom. The van der Waals surface area contributed by atoms with E-state index in [1.54, 1.807) is 0 Å². The minimum atomic E-state index is -0.0969. The second-order valence-corrected chi connectivity index (χ2v) is 5.13. The Labute approximate surface area is 95.0 Å². The van der Waals surface area contributed by atoms with Crippen LogP contribution in [0.2, 0.25) is 0 Å². The van der Waals surface area contributed by atoms with Crippen molar-refractivity contribution in [2.75, 3.05) is 11.5 Å². The number of aromatic nitrogens is 2. The number of hydrogen-bond acceptors (Lipinski definition) is 5. The van der Waals surface area contributed by atoms with Crippen LogP contribution in [0.1, 0.15) is 50.9 Å². The van der Waals surface area contributed by atoms with Crippen LogP contribution < -0.4 is 5.73 Å². The van der Waals surface area contributed by atoms with Crippen molar-refractivity contribution < 1.29 is 4.52 Å². The summed E-state index contributed by atoms with van der Waals surface area (Å²) in [5.74, 6) is 3.74. The zero-order valence-electron chi connectivity index (χ0n) is 9.56. The van der Waals surface area contributed by atoms with Crippen molar-refractivity contribution in [3.8, 4) is 0 Å². The molecule has 0 aliphatic rings. The molecule has 1 aromatic heterocycles. The van der Waals surface area contributed by atoms with E-state index < -0.39 is 0 Å². The van der Waals surface area contributed by atoms with Crippen molar-refractivity contribution in [2.24, 2.45) is 5.73 Å². The van der Waals surface area contributed by atoms with Crippen molar-refractivity contribution in [2.45, 2.75) is 39.2 Å². The van der Waals surface area contributed by atoms with Crippen molar-refractivity contribution in [1.29, 1.82) is 0 Å². The molecule has 2 N–H and O–H groups in total. The lowest BCUT2D eigenvalue weighted by molar-refractivity contribution is 0.357. The Bertz CT molecular complexity index is 288. The predicted octanol–water partition coefficient (Wildman–Crippen LogP) is 2.34. The topological polar surface area (TPSA) is 64.9 Å². The summed E-state index contributed by atoms with van der Waals surface area (Å²) in [5, 5.41) is 3.90.